The van der Waals surface area contributed by atoms with Crippen LogP contribution in [0.25, 0.3) is 0 Å². The summed E-state index contributed by atoms with van der Waals surface area (Å²) in [5.41, 5.74) is -2.14. The van der Waals surface area contributed by atoms with Gasteiger partial charge in [-0.25, -0.2) is 9.59 Å². The Balaban J connectivity index is 1.80. The van der Waals surface area contributed by atoms with Crippen LogP contribution in [0.3, 0.4) is 0 Å². The van der Waals surface area contributed by atoms with Crippen LogP contribution in [0.1, 0.15) is 53.4 Å². The van der Waals surface area contributed by atoms with Gasteiger partial charge in [0.25, 0.3) is 0 Å². The van der Waals surface area contributed by atoms with Gasteiger partial charge in [-0.1, -0.05) is 55.6 Å². The van der Waals surface area contributed by atoms with E-state index in [0.717, 1.165) is 12.0 Å². The third-order valence-electron chi connectivity index (χ3n) is 8.82. The number of alkyl halides is 2. The van der Waals surface area contributed by atoms with Crippen molar-refractivity contribution in [2.75, 3.05) is 6.61 Å². The molecule has 180 valence electrons. The minimum absolute atomic E-state index is 0.0120. The number of hydrogen-bond donors (Lipinski definition) is 0. The predicted molar refractivity (Wildman–Crippen MR) is 123 cm³/mol. The van der Waals surface area contributed by atoms with Gasteiger partial charge in [0, 0.05) is 29.1 Å². The number of ketones is 2. The Hall–Kier alpha value is -1.66. The maximum absolute atomic E-state index is 13.8. The summed E-state index contributed by atoms with van der Waals surface area (Å²) in [6.45, 7) is 7.56. The molecule has 4 rings (SSSR count). The van der Waals surface area contributed by atoms with E-state index in [9.17, 15) is 19.2 Å². The molecule has 4 aliphatic rings. The summed E-state index contributed by atoms with van der Waals surface area (Å²) in [5.74, 6) is -2.35. The third-order valence-corrected chi connectivity index (χ3v) is 9.17. The highest BCUT2D eigenvalue weighted by Crippen LogP contribution is 2.68. The number of rotatable bonds is 4. The smallest absolute Gasteiger partial charge is 0.351 e. The molecule has 0 N–H and O–H groups in total. The Bertz CT molecular complexity index is 970. The lowest BCUT2D eigenvalue weighted by Gasteiger charge is -2.57. The molecule has 7 atom stereocenters. The number of ether oxygens (including phenoxy) is 2. The van der Waals surface area contributed by atoms with Gasteiger partial charge >= 0.3 is 11.9 Å². The van der Waals surface area contributed by atoms with Crippen molar-refractivity contribution < 1.29 is 28.7 Å². The molecular weight excluding hydrogens is 467 g/mol. The molecule has 0 spiro atoms. The first-order chi connectivity index (χ1) is 15.4. The monoisotopic (exact) mass is 496 g/mol. The molecule has 0 heterocycles. The topological polar surface area (TPSA) is 86.7 Å². The number of Topliss-reactive ketones (excluding diaryl/α,β-unsaturated/α-hetero) is 1. The highest BCUT2D eigenvalue weighted by atomic mass is 35.5. The Labute approximate surface area is 204 Å². The Morgan fingerprint density at radius 1 is 1.24 bits per heavy atom. The zero-order chi connectivity index (χ0) is 24.3. The van der Waals surface area contributed by atoms with Gasteiger partial charge in [0.2, 0.25) is 10.4 Å². The van der Waals surface area contributed by atoms with E-state index < -0.39 is 33.2 Å². The fraction of sp³-hybridized carbons (Fsp3) is 0.680. The van der Waals surface area contributed by atoms with Crippen molar-refractivity contribution in [3.8, 4) is 0 Å². The average Bonchev–Trinajstić information content (AvgIpc) is 2.95. The van der Waals surface area contributed by atoms with Crippen molar-refractivity contribution in [3.05, 3.63) is 23.8 Å². The quantitative estimate of drug-likeness (QED) is 0.424. The SMILES string of the molecule is CCOC(=O)[C@@]1(OC(=O)C(Cl)Cl)[C@@H](C)C[C@H]2[C@@H]3CCC4=CC(=O)C=C[C@]4(C)[C@H]3C(=O)C[C@@]21C. The molecule has 0 aromatic heterocycles. The third kappa shape index (κ3) is 3.35. The van der Waals surface area contributed by atoms with Gasteiger partial charge in [-0.15, -0.1) is 0 Å². The van der Waals surface area contributed by atoms with Crippen molar-refractivity contribution in [1.82, 2.24) is 0 Å². The number of halogens is 2. The van der Waals surface area contributed by atoms with Gasteiger partial charge in [-0.2, -0.15) is 0 Å². The van der Waals surface area contributed by atoms with Crippen LogP contribution in [-0.4, -0.2) is 40.5 Å². The first-order valence-corrected chi connectivity index (χ1v) is 12.4. The summed E-state index contributed by atoms with van der Waals surface area (Å²) in [4.78, 5) is 50.4. The largest absolute Gasteiger partial charge is 0.463 e. The van der Waals surface area contributed by atoms with E-state index in [4.69, 9.17) is 32.7 Å². The average molecular weight is 497 g/mol. The minimum atomic E-state index is -1.65. The van der Waals surface area contributed by atoms with Crippen molar-refractivity contribution >= 4 is 46.7 Å². The van der Waals surface area contributed by atoms with Crippen LogP contribution < -0.4 is 0 Å². The molecule has 3 saturated carbocycles. The second-order valence-electron chi connectivity index (χ2n) is 10.3. The van der Waals surface area contributed by atoms with Gasteiger partial charge < -0.3 is 9.47 Å². The summed E-state index contributed by atoms with van der Waals surface area (Å²) in [6, 6.07) is 0. The first kappa shape index (κ1) is 24.5. The van der Waals surface area contributed by atoms with E-state index in [1.165, 1.54) is 0 Å². The van der Waals surface area contributed by atoms with E-state index in [-0.39, 0.29) is 48.3 Å². The van der Waals surface area contributed by atoms with E-state index >= 15 is 0 Å². The van der Waals surface area contributed by atoms with Gasteiger partial charge in [-0.05, 0) is 50.2 Å². The maximum Gasteiger partial charge on any atom is 0.351 e. The highest BCUT2D eigenvalue weighted by molar-refractivity contribution is 6.53. The van der Waals surface area contributed by atoms with E-state index in [2.05, 4.69) is 0 Å². The minimum Gasteiger partial charge on any atom is -0.463 e. The maximum atomic E-state index is 13.8. The molecule has 0 amide bonds. The van der Waals surface area contributed by atoms with E-state index in [0.29, 0.717) is 12.8 Å². The van der Waals surface area contributed by atoms with E-state index in [1.807, 2.05) is 26.8 Å². The van der Waals surface area contributed by atoms with Gasteiger partial charge in [0.15, 0.2) is 5.78 Å². The van der Waals surface area contributed by atoms with Crippen molar-refractivity contribution in [3.63, 3.8) is 0 Å². The first-order valence-electron chi connectivity index (χ1n) is 11.6. The number of esters is 2. The normalized spacial score (nSPS) is 41.7. The molecular formula is C25H30Cl2O6. The molecule has 0 aromatic rings. The molecule has 33 heavy (non-hydrogen) atoms. The summed E-state index contributed by atoms with van der Waals surface area (Å²) >= 11 is 11.6. The summed E-state index contributed by atoms with van der Waals surface area (Å²) < 4.78 is 11.2. The van der Waals surface area contributed by atoms with Crippen LogP contribution in [0, 0.1) is 34.5 Å². The molecule has 8 heteroatoms. The molecule has 3 fully saturated rings. The molecule has 0 saturated heterocycles. The summed E-state index contributed by atoms with van der Waals surface area (Å²) in [5, 5.41) is 0. The van der Waals surface area contributed by atoms with Crippen LogP contribution in [0.4, 0.5) is 0 Å². The van der Waals surface area contributed by atoms with Crippen molar-refractivity contribution in [2.45, 2.75) is 63.8 Å². The van der Waals surface area contributed by atoms with Crippen LogP contribution in [-0.2, 0) is 28.7 Å². The number of carbonyl (C=O) groups is 4. The molecule has 0 unspecified atom stereocenters. The second kappa shape index (κ2) is 8.23. The summed E-state index contributed by atoms with van der Waals surface area (Å²) in [6.07, 6.45) is 7.20. The Kier molecular flexibility index (Phi) is 6.10. The van der Waals surface area contributed by atoms with Gasteiger partial charge in [0.05, 0.1) is 6.61 Å². The number of hydrogen-bond acceptors (Lipinski definition) is 6. The van der Waals surface area contributed by atoms with Crippen LogP contribution in [0.15, 0.2) is 23.8 Å². The molecule has 0 bridgehead atoms. The molecule has 6 nitrogen and oxygen atoms in total. The molecule has 0 radical (unpaired) electrons. The zero-order valence-corrected chi connectivity index (χ0v) is 20.9. The fourth-order valence-electron chi connectivity index (χ4n) is 7.48. The lowest BCUT2D eigenvalue weighted by molar-refractivity contribution is -0.209. The summed E-state index contributed by atoms with van der Waals surface area (Å²) in [7, 11) is 0. The highest BCUT2D eigenvalue weighted by Gasteiger charge is 2.74. The number of fused-ring (bicyclic) bond motifs is 5. The number of carbonyl (C=O) groups excluding carboxylic acids is 4. The predicted octanol–water partition coefficient (Wildman–Crippen LogP) is 4.37. The van der Waals surface area contributed by atoms with Crippen LogP contribution >= 0.6 is 23.2 Å². The molecule has 0 aromatic carbocycles. The van der Waals surface area contributed by atoms with Gasteiger partial charge in [-0.3, -0.25) is 9.59 Å². The standard InChI is InChI=1S/C25H30Cl2O6/c1-5-32-22(31)25(33-21(30)20(26)27)13(2)10-17-16-7-6-14-11-15(28)8-9-23(14,3)19(16)18(29)12-24(17,25)4/h8-9,11,13,16-17,19-20H,5-7,10,12H2,1-4H3/t13-,16-,17-,19+,23-,24-,25-/m0/s1. The molecule has 0 aliphatic heterocycles. The van der Waals surface area contributed by atoms with Crippen LogP contribution in [0.5, 0.6) is 0 Å². The zero-order valence-electron chi connectivity index (χ0n) is 19.4. The van der Waals surface area contributed by atoms with Crippen molar-refractivity contribution in [1.29, 1.82) is 0 Å². The Morgan fingerprint density at radius 3 is 2.58 bits per heavy atom. The fourth-order valence-corrected chi connectivity index (χ4v) is 7.57. The molecule has 4 aliphatic carbocycles. The van der Waals surface area contributed by atoms with Gasteiger partial charge in [0.1, 0.15) is 5.78 Å². The van der Waals surface area contributed by atoms with E-state index in [1.54, 1.807) is 19.1 Å². The van der Waals surface area contributed by atoms with Crippen molar-refractivity contribution in [2.24, 2.45) is 34.5 Å². The lowest BCUT2D eigenvalue weighted by atomic mass is 9.47. The van der Waals surface area contributed by atoms with Crippen LogP contribution in [0.2, 0.25) is 0 Å². The number of allylic oxidation sites excluding steroid dienone is 4. The lowest BCUT2D eigenvalue weighted by Crippen LogP contribution is -2.63. The Morgan fingerprint density at radius 2 is 1.94 bits per heavy atom. The second-order valence-corrected chi connectivity index (χ2v) is 11.4.